The molecule has 2 aromatic carbocycles. The number of benzene rings is 2. The minimum absolute atomic E-state index is 0.0510. The van der Waals surface area contributed by atoms with Crippen LogP contribution in [0.3, 0.4) is 0 Å². The molecule has 6 nitrogen and oxygen atoms in total. The lowest BCUT2D eigenvalue weighted by Crippen LogP contribution is -2.22. The summed E-state index contributed by atoms with van der Waals surface area (Å²) in [6, 6.07) is 8.56. The van der Waals surface area contributed by atoms with E-state index in [9.17, 15) is 19.3 Å². The van der Waals surface area contributed by atoms with E-state index in [2.05, 4.69) is 10.6 Å². The molecule has 0 aliphatic rings. The molecule has 0 unspecified atom stereocenters. The van der Waals surface area contributed by atoms with E-state index in [4.69, 9.17) is 11.6 Å². The first-order chi connectivity index (χ1) is 10.9. The van der Waals surface area contributed by atoms with Gasteiger partial charge in [0.1, 0.15) is 0 Å². The van der Waals surface area contributed by atoms with E-state index in [1.165, 1.54) is 30.3 Å². The Balaban J connectivity index is 2.04. The van der Waals surface area contributed by atoms with Crippen LogP contribution in [-0.2, 0) is 4.79 Å². The highest BCUT2D eigenvalue weighted by Crippen LogP contribution is 2.23. The first kappa shape index (κ1) is 16.7. The van der Waals surface area contributed by atoms with Gasteiger partial charge in [0, 0.05) is 12.1 Å². The number of amides is 1. The highest BCUT2D eigenvalue weighted by atomic mass is 35.5. The van der Waals surface area contributed by atoms with Crippen molar-refractivity contribution in [3.8, 4) is 0 Å². The van der Waals surface area contributed by atoms with Crippen LogP contribution in [0.25, 0.3) is 0 Å². The average molecular weight is 338 g/mol. The Labute approximate surface area is 136 Å². The maximum atomic E-state index is 13.7. The Morgan fingerprint density at radius 3 is 2.74 bits per heavy atom. The van der Waals surface area contributed by atoms with E-state index in [1.807, 2.05) is 0 Å². The summed E-state index contributed by atoms with van der Waals surface area (Å²) in [5.74, 6) is -1.11. The monoisotopic (exact) mass is 337 g/mol. The van der Waals surface area contributed by atoms with Gasteiger partial charge < -0.3 is 10.6 Å². The molecular weight excluding hydrogens is 325 g/mol. The summed E-state index contributed by atoms with van der Waals surface area (Å²) in [5.41, 5.74) is 0.985. The standard InChI is InChI=1S/C15H13ClFN3O3/c1-9-5-6-10(20(22)23)7-13(9)19-14(21)8-18-12-4-2-3-11(16)15(12)17/h2-7,18H,8H2,1H3,(H,19,21). The first-order valence-corrected chi connectivity index (χ1v) is 6.99. The highest BCUT2D eigenvalue weighted by molar-refractivity contribution is 6.31. The minimum atomic E-state index is -0.645. The molecule has 0 radical (unpaired) electrons. The van der Waals surface area contributed by atoms with Gasteiger partial charge in [-0.25, -0.2) is 4.39 Å². The minimum Gasteiger partial charge on any atom is -0.374 e. The van der Waals surface area contributed by atoms with Gasteiger partial charge in [-0.3, -0.25) is 14.9 Å². The second kappa shape index (κ2) is 7.06. The van der Waals surface area contributed by atoms with Crippen LogP contribution in [0.15, 0.2) is 36.4 Å². The van der Waals surface area contributed by atoms with Gasteiger partial charge in [-0.15, -0.1) is 0 Å². The fourth-order valence-electron chi connectivity index (χ4n) is 1.87. The first-order valence-electron chi connectivity index (χ1n) is 6.61. The SMILES string of the molecule is Cc1ccc([N+](=O)[O-])cc1NC(=O)CNc1cccc(Cl)c1F. The molecule has 0 aliphatic heterocycles. The van der Waals surface area contributed by atoms with Crippen molar-refractivity contribution in [1.82, 2.24) is 0 Å². The molecule has 2 aromatic rings. The molecule has 2 N–H and O–H groups in total. The van der Waals surface area contributed by atoms with E-state index in [0.717, 1.165) is 0 Å². The zero-order chi connectivity index (χ0) is 17.0. The number of nitro groups is 1. The fraction of sp³-hybridized carbons (Fsp3) is 0.133. The van der Waals surface area contributed by atoms with Crippen LogP contribution in [0.1, 0.15) is 5.56 Å². The number of hydrogen-bond acceptors (Lipinski definition) is 4. The summed E-state index contributed by atoms with van der Waals surface area (Å²) in [6.07, 6.45) is 0. The Hall–Kier alpha value is -2.67. The Morgan fingerprint density at radius 1 is 1.30 bits per heavy atom. The van der Waals surface area contributed by atoms with Gasteiger partial charge in [0.2, 0.25) is 5.91 Å². The lowest BCUT2D eigenvalue weighted by Gasteiger charge is -2.10. The second-order valence-corrected chi connectivity index (χ2v) is 5.17. The van der Waals surface area contributed by atoms with Crippen molar-refractivity contribution in [3.63, 3.8) is 0 Å². The van der Waals surface area contributed by atoms with E-state index in [-0.39, 0.29) is 22.9 Å². The largest absolute Gasteiger partial charge is 0.374 e. The maximum Gasteiger partial charge on any atom is 0.271 e. The van der Waals surface area contributed by atoms with Crippen molar-refractivity contribution < 1.29 is 14.1 Å². The molecule has 0 saturated carbocycles. The van der Waals surface area contributed by atoms with Crippen LogP contribution >= 0.6 is 11.6 Å². The summed E-state index contributed by atoms with van der Waals surface area (Å²) < 4.78 is 13.7. The third-order valence-corrected chi connectivity index (χ3v) is 3.39. The Kier molecular flexibility index (Phi) is 5.13. The van der Waals surface area contributed by atoms with Gasteiger partial charge >= 0.3 is 0 Å². The summed E-state index contributed by atoms with van der Waals surface area (Å²) in [4.78, 5) is 22.1. The number of halogens is 2. The van der Waals surface area contributed by atoms with E-state index >= 15 is 0 Å². The third kappa shape index (κ3) is 4.17. The summed E-state index contributed by atoms with van der Waals surface area (Å²) >= 11 is 5.65. The summed E-state index contributed by atoms with van der Waals surface area (Å²) in [5, 5.41) is 15.9. The van der Waals surface area contributed by atoms with Crippen molar-refractivity contribution in [3.05, 3.63) is 62.9 Å². The predicted molar refractivity (Wildman–Crippen MR) is 86.4 cm³/mol. The number of nitro benzene ring substituents is 1. The molecule has 23 heavy (non-hydrogen) atoms. The molecule has 0 atom stereocenters. The topological polar surface area (TPSA) is 84.3 Å². The molecule has 120 valence electrons. The molecule has 1 amide bonds. The van der Waals surface area contributed by atoms with Crippen LogP contribution in [-0.4, -0.2) is 17.4 Å². The second-order valence-electron chi connectivity index (χ2n) is 4.76. The molecule has 0 spiro atoms. The molecule has 0 saturated heterocycles. The van der Waals surface area contributed by atoms with E-state index in [0.29, 0.717) is 11.3 Å². The lowest BCUT2D eigenvalue weighted by molar-refractivity contribution is -0.384. The van der Waals surface area contributed by atoms with Gasteiger partial charge in [0.25, 0.3) is 5.69 Å². The maximum absolute atomic E-state index is 13.7. The number of non-ortho nitro benzene ring substituents is 1. The van der Waals surface area contributed by atoms with Crippen LogP contribution in [0, 0.1) is 22.9 Å². The molecule has 0 aromatic heterocycles. The lowest BCUT2D eigenvalue weighted by atomic mass is 10.2. The predicted octanol–water partition coefficient (Wildman–Crippen LogP) is 3.75. The summed E-state index contributed by atoms with van der Waals surface area (Å²) in [7, 11) is 0. The zero-order valence-electron chi connectivity index (χ0n) is 12.1. The van der Waals surface area contributed by atoms with Gasteiger partial charge in [-0.1, -0.05) is 23.7 Å². The highest BCUT2D eigenvalue weighted by Gasteiger charge is 2.12. The van der Waals surface area contributed by atoms with Crippen molar-refractivity contribution in [2.24, 2.45) is 0 Å². The molecular formula is C15H13ClFN3O3. The average Bonchev–Trinajstić information content (AvgIpc) is 2.50. The molecule has 0 fully saturated rings. The fourth-order valence-corrected chi connectivity index (χ4v) is 2.04. The smallest absolute Gasteiger partial charge is 0.271 e. The molecule has 2 rings (SSSR count). The Bertz CT molecular complexity index is 768. The number of anilines is 2. The van der Waals surface area contributed by atoms with Crippen molar-refractivity contribution >= 4 is 34.6 Å². The number of rotatable bonds is 5. The quantitative estimate of drug-likeness (QED) is 0.643. The Morgan fingerprint density at radius 2 is 2.04 bits per heavy atom. The number of carbonyl (C=O) groups excluding carboxylic acids is 1. The number of hydrogen-bond donors (Lipinski definition) is 2. The van der Waals surface area contributed by atoms with E-state index in [1.54, 1.807) is 13.0 Å². The van der Waals surface area contributed by atoms with Crippen molar-refractivity contribution in [2.45, 2.75) is 6.92 Å². The van der Waals surface area contributed by atoms with Gasteiger partial charge in [0.15, 0.2) is 5.82 Å². The number of aryl methyl sites for hydroxylation is 1. The van der Waals surface area contributed by atoms with E-state index < -0.39 is 16.6 Å². The van der Waals surface area contributed by atoms with Crippen LogP contribution in [0.2, 0.25) is 5.02 Å². The molecule has 0 heterocycles. The van der Waals surface area contributed by atoms with Gasteiger partial charge in [-0.05, 0) is 24.6 Å². The third-order valence-electron chi connectivity index (χ3n) is 3.10. The van der Waals surface area contributed by atoms with Gasteiger partial charge in [0.05, 0.1) is 27.9 Å². The molecule has 0 bridgehead atoms. The van der Waals surface area contributed by atoms with Crippen molar-refractivity contribution in [2.75, 3.05) is 17.2 Å². The molecule has 0 aliphatic carbocycles. The molecule has 8 heteroatoms. The summed E-state index contributed by atoms with van der Waals surface area (Å²) in [6.45, 7) is 1.50. The number of nitrogens with one attached hydrogen (secondary N) is 2. The van der Waals surface area contributed by atoms with Crippen molar-refractivity contribution in [1.29, 1.82) is 0 Å². The number of carbonyl (C=O) groups is 1. The van der Waals surface area contributed by atoms with Gasteiger partial charge in [-0.2, -0.15) is 0 Å². The number of nitrogens with zero attached hydrogens (tertiary/aromatic N) is 1. The van der Waals surface area contributed by atoms with Crippen LogP contribution in [0.5, 0.6) is 0 Å². The zero-order valence-corrected chi connectivity index (χ0v) is 12.9. The normalized spacial score (nSPS) is 10.2. The van der Waals surface area contributed by atoms with Crippen LogP contribution in [0.4, 0.5) is 21.5 Å². The van der Waals surface area contributed by atoms with Crippen LogP contribution < -0.4 is 10.6 Å².